The Morgan fingerprint density at radius 1 is 0.844 bits per heavy atom. The van der Waals surface area contributed by atoms with Gasteiger partial charge in [-0.3, -0.25) is 14.0 Å². The lowest BCUT2D eigenvalue weighted by Gasteiger charge is -2.16. The minimum atomic E-state index is -3.62. The summed E-state index contributed by atoms with van der Waals surface area (Å²) in [7, 11) is -10.4. The zero-order chi connectivity index (χ0) is 33.9. The summed E-state index contributed by atoms with van der Waals surface area (Å²) in [5.41, 5.74) is 1.05. The summed E-state index contributed by atoms with van der Waals surface area (Å²) in [6.45, 7) is 10.5. The number of unbranched alkanes of at least 4 members (excludes halogenated alkanes) is 2. The molecular weight excluding hydrogens is 641 g/mol. The van der Waals surface area contributed by atoms with Gasteiger partial charge in [0.2, 0.25) is 20.0 Å². The van der Waals surface area contributed by atoms with E-state index in [9.17, 15) is 25.3 Å². The zero-order valence-electron chi connectivity index (χ0n) is 27.4. The van der Waals surface area contributed by atoms with Crippen LogP contribution in [0.2, 0.25) is 0 Å². The Labute approximate surface area is 270 Å². The molecule has 2 aliphatic carbocycles. The second-order valence-electron chi connectivity index (χ2n) is 14.0. The third kappa shape index (κ3) is 16.5. The number of hydrogen-bond acceptors (Lipinski definition) is 9. The molecule has 2 fully saturated rings. The predicted octanol–water partition coefficient (Wildman–Crippen LogP) is 4.54. The minimum absolute atomic E-state index is 0.00231. The Kier molecular flexibility index (Phi) is 14.7. The van der Waals surface area contributed by atoms with Crippen molar-refractivity contribution in [2.75, 3.05) is 12.9 Å². The molecule has 2 saturated carbocycles. The highest BCUT2D eigenvalue weighted by molar-refractivity contribution is 7.89. The van der Waals surface area contributed by atoms with E-state index in [4.69, 9.17) is 14.5 Å². The van der Waals surface area contributed by atoms with Crippen molar-refractivity contribution in [1.82, 2.24) is 20.0 Å². The number of nitrogens with zero attached hydrogens (tertiary/aromatic N) is 3. The maximum atomic E-state index is 11.1. The molecule has 2 unspecified atom stereocenters. The van der Waals surface area contributed by atoms with Crippen molar-refractivity contribution in [3.8, 4) is 0 Å². The topological polar surface area (TPSA) is 210 Å². The molecule has 4 rings (SSSR count). The van der Waals surface area contributed by atoms with Crippen LogP contribution in [0.4, 0.5) is 0 Å². The lowest BCUT2D eigenvalue weighted by molar-refractivity contribution is 0.300. The van der Waals surface area contributed by atoms with E-state index in [0.29, 0.717) is 17.4 Å². The second-order valence-corrected chi connectivity index (χ2v) is 18.8. The smallest absolute Gasteiger partial charge is 0.264 e. The Hall–Kier alpha value is -1.85. The molecule has 0 aromatic carbocycles. The number of rotatable bonds is 13. The molecule has 0 amide bonds. The highest BCUT2D eigenvalue weighted by Gasteiger charge is 2.31. The van der Waals surface area contributed by atoms with Crippen molar-refractivity contribution >= 4 is 30.2 Å². The van der Waals surface area contributed by atoms with Gasteiger partial charge >= 0.3 is 0 Å². The van der Waals surface area contributed by atoms with Gasteiger partial charge in [-0.15, -0.1) is 0 Å². The number of H-pyrrole nitrogens is 1. The fourth-order valence-electron chi connectivity index (χ4n) is 6.11. The summed E-state index contributed by atoms with van der Waals surface area (Å²) in [5.74, 6) is 1.70. The van der Waals surface area contributed by atoms with Crippen LogP contribution in [0.5, 0.6) is 0 Å². The van der Waals surface area contributed by atoms with E-state index < -0.39 is 30.2 Å². The zero-order valence-corrected chi connectivity index (χ0v) is 29.9. The SMILES string of the molecule is CC1(C)CCC(CCCCOS(C)(=O)=O)C1.CC1(C)CCC(CCCCn2cc(S(N)(=O)=O)cn2)C1.NS(=O)(=O)c1cn[nH]c1. The third-order valence-electron chi connectivity index (χ3n) is 8.43. The van der Waals surface area contributed by atoms with Crippen LogP contribution in [-0.2, 0) is 40.9 Å². The first kappa shape index (κ1) is 39.3. The third-order valence-corrected chi connectivity index (χ3v) is 10.8. The summed E-state index contributed by atoms with van der Waals surface area (Å²) >= 11 is 0. The van der Waals surface area contributed by atoms with E-state index in [1.165, 1.54) is 76.4 Å². The van der Waals surface area contributed by atoms with Crippen molar-refractivity contribution in [3.05, 3.63) is 24.8 Å². The van der Waals surface area contributed by atoms with Crippen molar-refractivity contribution < 1.29 is 29.4 Å². The fourth-order valence-corrected chi connectivity index (χ4v) is 7.41. The quantitative estimate of drug-likeness (QED) is 0.198. The molecule has 2 aromatic heterocycles. The average Bonchev–Trinajstić information content (AvgIpc) is 3.69. The minimum Gasteiger partial charge on any atom is -0.284 e. The van der Waals surface area contributed by atoms with Crippen LogP contribution in [0.1, 0.15) is 105 Å². The molecule has 2 heterocycles. The molecule has 260 valence electrons. The van der Waals surface area contributed by atoms with Crippen molar-refractivity contribution in [2.24, 2.45) is 32.9 Å². The lowest BCUT2D eigenvalue weighted by atomic mass is 9.89. The molecule has 16 heteroatoms. The fraction of sp³-hybridized carbons (Fsp3) is 0.793. The maximum absolute atomic E-state index is 11.1. The van der Waals surface area contributed by atoms with Crippen LogP contribution in [-0.4, -0.2) is 58.1 Å². The van der Waals surface area contributed by atoms with Crippen LogP contribution in [0, 0.1) is 22.7 Å². The first-order valence-corrected chi connectivity index (χ1v) is 20.5. The van der Waals surface area contributed by atoms with Crippen LogP contribution in [0.3, 0.4) is 0 Å². The standard InChI is InChI=1S/C14H25N3O2S.C12H24O3S.C3H5N3O2S/c1-14(2)7-6-12(9-14)5-3-4-8-17-11-13(10-16-17)20(15,18)19;1-12(2)8-7-11(10-12)6-4-5-9-15-16(3,13)14;4-9(7,8)3-1-5-6-2-3/h10-12H,3-9H2,1-2H3,(H2,15,18,19);11H,4-10H2,1-3H3;1-2H,(H,5,6)(H2,4,7,8). The molecule has 2 atom stereocenters. The number of nitrogens with two attached hydrogens (primary N) is 2. The summed E-state index contributed by atoms with van der Waals surface area (Å²) in [5, 5.41) is 19.5. The highest BCUT2D eigenvalue weighted by Crippen LogP contribution is 2.43. The molecular formula is C29H54N6O7S3. The molecule has 2 aromatic rings. The van der Waals surface area contributed by atoms with Crippen molar-refractivity contribution in [2.45, 2.75) is 121 Å². The number of hydrogen-bond donors (Lipinski definition) is 3. The van der Waals surface area contributed by atoms with Crippen LogP contribution in [0.15, 0.2) is 34.6 Å². The number of aromatic nitrogens is 4. The van der Waals surface area contributed by atoms with Crippen molar-refractivity contribution in [3.63, 3.8) is 0 Å². The second kappa shape index (κ2) is 16.8. The summed E-state index contributed by atoms with van der Waals surface area (Å²) in [4.78, 5) is 0.0949. The number of sulfonamides is 2. The van der Waals surface area contributed by atoms with Gasteiger partial charge in [0.05, 0.1) is 25.3 Å². The van der Waals surface area contributed by atoms with Crippen LogP contribution in [0.25, 0.3) is 0 Å². The van der Waals surface area contributed by atoms with Crippen molar-refractivity contribution in [1.29, 1.82) is 0 Å². The largest absolute Gasteiger partial charge is 0.284 e. The van der Waals surface area contributed by atoms with Gasteiger partial charge in [-0.1, -0.05) is 53.4 Å². The number of aromatic amines is 1. The molecule has 0 aliphatic heterocycles. The molecule has 0 spiro atoms. The van der Waals surface area contributed by atoms with Gasteiger partial charge in [-0.2, -0.15) is 18.6 Å². The molecule has 13 nitrogen and oxygen atoms in total. The summed E-state index contributed by atoms with van der Waals surface area (Å²) < 4.78 is 70.9. The van der Waals surface area contributed by atoms with Gasteiger partial charge in [0.1, 0.15) is 9.79 Å². The van der Waals surface area contributed by atoms with Gasteiger partial charge < -0.3 is 0 Å². The van der Waals surface area contributed by atoms with Gasteiger partial charge in [0, 0.05) is 18.9 Å². The molecule has 0 saturated heterocycles. The monoisotopic (exact) mass is 694 g/mol. The highest BCUT2D eigenvalue weighted by atomic mass is 32.2. The van der Waals surface area contributed by atoms with Crippen LogP contribution < -0.4 is 10.3 Å². The summed E-state index contributed by atoms with van der Waals surface area (Å²) in [6, 6.07) is 0. The predicted molar refractivity (Wildman–Crippen MR) is 174 cm³/mol. The van der Waals surface area contributed by atoms with E-state index in [1.54, 1.807) is 4.68 Å². The molecule has 2 aliphatic rings. The number of aryl methyl sites for hydroxylation is 1. The molecule has 5 N–H and O–H groups in total. The van der Waals surface area contributed by atoms with Gasteiger partial charge in [-0.25, -0.2) is 27.1 Å². The average molecular weight is 695 g/mol. The number of nitrogens with one attached hydrogen (secondary N) is 1. The van der Waals surface area contributed by atoms with E-state index >= 15 is 0 Å². The Morgan fingerprint density at radius 3 is 1.76 bits per heavy atom. The van der Waals surface area contributed by atoms with E-state index in [1.807, 2.05) is 0 Å². The van der Waals surface area contributed by atoms with Gasteiger partial charge in [0.25, 0.3) is 10.1 Å². The Bertz CT molecular complexity index is 1490. The molecule has 0 bridgehead atoms. The normalized spacial score (nSPS) is 21.0. The first-order valence-electron chi connectivity index (χ1n) is 15.6. The molecule has 0 radical (unpaired) electrons. The Balaban J connectivity index is 0.000000252. The van der Waals surface area contributed by atoms with E-state index in [-0.39, 0.29) is 9.79 Å². The first-order chi connectivity index (χ1) is 20.7. The van der Waals surface area contributed by atoms with Gasteiger partial charge in [0.15, 0.2) is 0 Å². The number of primary sulfonamides is 2. The molecule has 45 heavy (non-hydrogen) atoms. The van der Waals surface area contributed by atoms with E-state index in [0.717, 1.165) is 50.1 Å². The summed E-state index contributed by atoms with van der Waals surface area (Å²) in [6.07, 6.45) is 20.9. The van der Waals surface area contributed by atoms with Gasteiger partial charge in [-0.05, 0) is 74.0 Å². The van der Waals surface area contributed by atoms with Crippen LogP contribution >= 0.6 is 0 Å². The Morgan fingerprint density at radius 2 is 1.38 bits per heavy atom. The lowest BCUT2D eigenvalue weighted by Crippen LogP contribution is -2.11. The van der Waals surface area contributed by atoms with E-state index in [2.05, 4.69) is 43.0 Å². The maximum Gasteiger partial charge on any atom is 0.264 e.